The van der Waals surface area contributed by atoms with Crippen molar-refractivity contribution in [2.45, 2.75) is 31.7 Å². The van der Waals surface area contributed by atoms with Crippen molar-refractivity contribution in [1.29, 1.82) is 0 Å². The molecule has 2 N–H and O–H groups in total. The predicted molar refractivity (Wildman–Crippen MR) is 155 cm³/mol. The van der Waals surface area contributed by atoms with Crippen LogP contribution in [0.25, 0.3) is 10.9 Å². The minimum absolute atomic E-state index is 0. The van der Waals surface area contributed by atoms with Gasteiger partial charge in [0, 0.05) is 48.4 Å². The highest BCUT2D eigenvalue weighted by Crippen LogP contribution is 2.34. The Bertz CT molecular complexity index is 1160. The first kappa shape index (κ1) is 29.3. The second-order valence-corrected chi connectivity index (χ2v) is 10.4. The van der Waals surface area contributed by atoms with Crippen LogP contribution < -0.4 is 10.2 Å². The van der Waals surface area contributed by atoms with Crippen LogP contribution in [0.5, 0.6) is 0 Å². The van der Waals surface area contributed by atoms with Crippen LogP contribution in [-0.2, 0) is 0 Å². The molecule has 2 fully saturated rings. The van der Waals surface area contributed by atoms with Crippen molar-refractivity contribution in [2.24, 2.45) is 5.92 Å². The van der Waals surface area contributed by atoms with Crippen LogP contribution in [0.3, 0.4) is 0 Å². The standard InChI is InChI=1S/C25H28Cl3N5O.2ClH/c26-17-3-5-18(6-4-17)29-24-20-12-21(27)22(28)13-23(20)30-25(31-24)32-10-7-19(8-11-32)33-9-1-2-16(14-33)15-34;;/h3-6,12-13,16,19,34H,1-2,7-11,14-15H2,(H,29,30,31);2*1H. The number of likely N-dealkylation sites (tertiary alicyclic amines) is 1. The van der Waals surface area contributed by atoms with Crippen LogP contribution in [0.2, 0.25) is 15.1 Å². The highest BCUT2D eigenvalue weighted by molar-refractivity contribution is 6.42. The normalized spacial score (nSPS) is 19.0. The Hall–Kier alpha value is -1.25. The number of hydrogen-bond acceptors (Lipinski definition) is 6. The van der Waals surface area contributed by atoms with E-state index in [0.717, 1.165) is 62.0 Å². The summed E-state index contributed by atoms with van der Waals surface area (Å²) in [7, 11) is 0. The second kappa shape index (κ2) is 13.0. The number of benzene rings is 2. The summed E-state index contributed by atoms with van der Waals surface area (Å²) in [6.07, 6.45) is 4.41. The Morgan fingerprint density at radius 1 is 0.917 bits per heavy atom. The van der Waals surface area contributed by atoms with Crippen LogP contribution in [0.4, 0.5) is 17.5 Å². The van der Waals surface area contributed by atoms with Gasteiger partial charge >= 0.3 is 0 Å². The molecule has 1 unspecified atom stereocenters. The number of rotatable bonds is 5. The third kappa shape index (κ3) is 6.60. The first-order valence-corrected chi connectivity index (χ1v) is 12.9. The third-order valence-corrected chi connectivity index (χ3v) is 7.88. The molecule has 5 rings (SSSR count). The van der Waals surface area contributed by atoms with Crippen LogP contribution in [-0.4, -0.2) is 58.8 Å². The SMILES string of the molecule is Cl.Cl.OCC1CCCN(C2CCN(c3nc(Nc4ccc(Cl)cc4)c4cc(Cl)c(Cl)cc4n3)CC2)C1. The maximum Gasteiger partial charge on any atom is 0.227 e. The zero-order valence-corrected chi connectivity index (χ0v) is 23.6. The van der Waals surface area contributed by atoms with E-state index >= 15 is 0 Å². The van der Waals surface area contributed by atoms with Gasteiger partial charge in [-0.2, -0.15) is 4.98 Å². The fourth-order valence-electron chi connectivity index (χ4n) is 5.03. The molecule has 1 atom stereocenters. The summed E-state index contributed by atoms with van der Waals surface area (Å²) in [5.41, 5.74) is 1.63. The van der Waals surface area contributed by atoms with Gasteiger partial charge in [0.2, 0.25) is 5.95 Å². The van der Waals surface area contributed by atoms with Gasteiger partial charge in [-0.1, -0.05) is 34.8 Å². The lowest BCUT2D eigenvalue weighted by molar-refractivity contribution is 0.0776. The maximum atomic E-state index is 9.58. The van der Waals surface area contributed by atoms with Crippen LogP contribution >= 0.6 is 59.6 Å². The molecule has 11 heteroatoms. The molecule has 0 spiro atoms. The Balaban J connectivity index is 0.00000180. The molecule has 36 heavy (non-hydrogen) atoms. The molecule has 0 saturated carbocycles. The van der Waals surface area contributed by atoms with E-state index in [1.54, 1.807) is 12.1 Å². The van der Waals surface area contributed by atoms with Gasteiger partial charge in [0.1, 0.15) is 5.82 Å². The highest BCUT2D eigenvalue weighted by Gasteiger charge is 2.29. The average Bonchev–Trinajstić information content (AvgIpc) is 2.86. The zero-order valence-electron chi connectivity index (χ0n) is 19.7. The number of piperidine rings is 2. The van der Waals surface area contributed by atoms with Gasteiger partial charge in [-0.3, -0.25) is 4.90 Å². The Kier molecular flexibility index (Phi) is 10.6. The van der Waals surface area contributed by atoms with Crippen LogP contribution in [0.1, 0.15) is 25.7 Å². The van der Waals surface area contributed by atoms with Crippen molar-refractivity contribution in [3.63, 3.8) is 0 Å². The van der Waals surface area contributed by atoms with Crippen LogP contribution in [0, 0.1) is 5.92 Å². The molecule has 196 valence electrons. The van der Waals surface area contributed by atoms with Crippen molar-refractivity contribution in [3.05, 3.63) is 51.5 Å². The lowest BCUT2D eigenvalue weighted by atomic mass is 9.94. The number of fused-ring (bicyclic) bond motifs is 1. The smallest absolute Gasteiger partial charge is 0.227 e. The van der Waals surface area contributed by atoms with E-state index in [-0.39, 0.29) is 31.4 Å². The van der Waals surface area contributed by atoms with E-state index in [9.17, 15) is 5.11 Å². The number of hydrogen-bond donors (Lipinski definition) is 2. The van der Waals surface area contributed by atoms with E-state index in [4.69, 9.17) is 44.8 Å². The lowest BCUT2D eigenvalue weighted by Gasteiger charge is -2.42. The molecule has 0 aliphatic carbocycles. The fourth-order valence-corrected chi connectivity index (χ4v) is 5.47. The summed E-state index contributed by atoms with van der Waals surface area (Å²) in [4.78, 5) is 14.6. The number of aromatic nitrogens is 2. The van der Waals surface area contributed by atoms with Crippen molar-refractivity contribution in [1.82, 2.24) is 14.9 Å². The zero-order chi connectivity index (χ0) is 23.7. The van der Waals surface area contributed by atoms with Crippen molar-refractivity contribution < 1.29 is 5.11 Å². The number of halogens is 5. The van der Waals surface area contributed by atoms with Gasteiger partial charge in [0.15, 0.2) is 0 Å². The molecule has 3 heterocycles. The average molecular weight is 594 g/mol. The number of anilines is 3. The first-order valence-electron chi connectivity index (χ1n) is 11.8. The summed E-state index contributed by atoms with van der Waals surface area (Å²) in [5, 5.41) is 15.4. The Labute approximate surface area is 239 Å². The number of aliphatic hydroxyl groups is 1. The number of aliphatic hydroxyl groups excluding tert-OH is 1. The Morgan fingerprint density at radius 3 is 2.31 bits per heavy atom. The summed E-state index contributed by atoms with van der Waals surface area (Å²) >= 11 is 18.7. The lowest BCUT2D eigenvalue weighted by Crippen LogP contribution is -2.49. The van der Waals surface area contributed by atoms with Crippen molar-refractivity contribution >= 4 is 88.0 Å². The van der Waals surface area contributed by atoms with E-state index in [1.165, 1.54) is 6.42 Å². The third-order valence-electron chi connectivity index (χ3n) is 6.91. The maximum absolute atomic E-state index is 9.58. The van der Waals surface area contributed by atoms with E-state index in [0.29, 0.717) is 38.8 Å². The molecule has 1 aromatic heterocycles. The van der Waals surface area contributed by atoms with E-state index in [2.05, 4.69) is 15.1 Å². The molecule has 2 saturated heterocycles. The minimum Gasteiger partial charge on any atom is -0.396 e. The molecule has 0 bridgehead atoms. The molecule has 0 radical (unpaired) electrons. The molecular weight excluding hydrogens is 564 g/mol. The fraction of sp³-hybridized carbons (Fsp3) is 0.440. The molecule has 3 aromatic rings. The van der Waals surface area contributed by atoms with Crippen molar-refractivity contribution in [2.75, 3.05) is 43.0 Å². The molecule has 2 aliphatic heterocycles. The number of nitrogens with one attached hydrogen (secondary N) is 1. The summed E-state index contributed by atoms with van der Waals surface area (Å²) in [5.74, 6) is 1.78. The largest absolute Gasteiger partial charge is 0.396 e. The minimum atomic E-state index is 0. The van der Waals surface area contributed by atoms with Gasteiger partial charge < -0.3 is 15.3 Å². The summed E-state index contributed by atoms with van der Waals surface area (Å²) < 4.78 is 0. The van der Waals surface area contributed by atoms with Gasteiger partial charge in [0.05, 0.1) is 15.6 Å². The molecule has 2 aliphatic rings. The first-order chi connectivity index (χ1) is 16.5. The number of nitrogens with zero attached hydrogens (tertiary/aromatic N) is 4. The second-order valence-electron chi connectivity index (χ2n) is 9.19. The van der Waals surface area contributed by atoms with Gasteiger partial charge in [0.25, 0.3) is 0 Å². The monoisotopic (exact) mass is 591 g/mol. The molecule has 0 amide bonds. The molecular formula is C25H30Cl5N5O. The topological polar surface area (TPSA) is 64.5 Å². The molecule has 6 nitrogen and oxygen atoms in total. The van der Waals surface area contributed by atoms with Gasteiger partial charge in [-0.25, -0.2) is 4.98 Å². The van der Waals surface area contributed by atoms with E-state index < -0.39 is 0 Å². The van der Waals surface area contributed by atoms with E-state index in [1.807, 2.05) is 24.3 Å². The van der Waals surface area contributed by atoms with Crippen molar-refractivity contribution in [3.8, 4) is 0 Å². The van der Waals surface area contributed by atoms with Gasteiger partial charge in [-0.15, -0.1) is 24.8 Å². The van der Waals surface area contributed by atoms with Crippen LogP contribution in [0.15, 0.2) is 36.4 Å². The summed E-state index contributed by atoms with van der Waals surface area (Å²) in [6.45, 7) is 4.19. The highest BCUT2D eigenvalue weighted by atomic mass is 35.5. The molecule has 2 aromatic carbocycles. The predicted octanol–water partition coefficient (Wildman–Crippen LogP) is 6.85. The summed E-state index contributed by atoms with van der Waals surface area (Å²) in [6, 6.07) is 11.7. The van der Waals surface area contributed by atoms with Gasteiger partial charge in [-0.05, 0) is 74.5 Å². The quantitative estimate of drug-likeness (QED) is 0.337. The Morgan fingerprint density at radius 2 is 1.61 bits per heavy atom.